The number of hydrogen-bond donors (Lipinski definition) is 2. The van der Waals surface area contributed by atoms with Gasteiger partial charge in [0.2, 0.25) is 5.91 Å². The van der Waals surface area contributed by atoms with E-state index in [1.54, 1.807) is 4.90 Å². The van der Waals surface area contributed by atoms with Gasteiger partial charge < -0.3 is 15.3 Å². The maximum Gasteiger partial charge on any atom is 0.308 e. The molecule has 1 unspecified atom stereocenters. The third-order valence-corrected chi connectivity index (χ3v) is 2.94. The van der Waals surface area contributed by atoms with Gasteiger partial charge in [0, 0.05) is 19.5 Å². The summed E-state index contributed by atoms with van der Waals surface area (Å²) in [7, 11) is 1.85. The molecule has 1 aliphatic rings. The van der Waals surface area contributed by atoms with Crippen LogP contribution in [0.15, 0.2) is 0 Å². The number of carboxylic acids is 1. The number of piperidine rings is 1. The molecule has 1 heterocycles. The zero-order valence-electron chi connectivity index (χ0n) is 9.74. The number of nitrogens with one attached hydrogen (secondary N) is 1. The molecule has 16 heavy (non-hydrogen) atoms. The minimum Gasteiger partial charge on any atom is -0.481 e. The van der Waals surface area contributed by atoms with E-state index in [2.05, 4.69) is 5.32 Å². The summed E-state index contributed by atoms with van der Waals surface area (Å²) in [5, 5.41) is 11.9. The van der Waals surface area contributed by atoms with Crippen LogP contribution in [-0.4, -0.2) is 48.6 Å². The van der Waals surface area contributed by atoms with Gasteiger partial charge in [0.15, 0.2) is 0 Å². The van der Waals surface area contributed by atoms with Crippen molar-refractivity contribution in [1.29, 1.82) is 0 Å². The zero-order chi connectivity index (χ0) is 12.0. The molecule has 1 atom stereocenters. The number of likely N-dealkylation sites (tertiary alicyclic amines) is 1. The Morgan fingerprint density at radius 3 is 2.88 bits per heavy atom. The molecule has 5 heteroatoms. The smallest absolute Gasteiger partial charge is 0.308 e. The summed E-state index contributed by atoms with van der Waals surface area (Å²) in [4.78, 5) is 24.3. The van der Waals surface area contributed by atoms with E-state index in [1.807, 2.05) is 7.05 Å². The molecule has 1 aliphatic heterocycles. The summed E-state index contributed by atoms with van der Waals surface area (Å²) in [5.74, 6) is -1.07. The van der Waals surface area contributed by atoms with Gasteiger partial charge in [0.05, 0.1) is 5.92 Å². The van der Waals surface area contributed by atoms with Crippen LogP contribution in [0.2, 0.25) is 0 Å². The molecule has 1 saturated heterocycles. The highest BCUT2D eigenvalue weighted by Crippen LogP contribution is 2.17. The average molecular weight is 228 g/mol. The van der Waals surface area contributed by atoms with Crippen LogP contribution < -0.4 is 5.32 Å². The molecule has 0 radical (unpaired) electrons. The lowest BCUT2D eigenvalue weighted by Gasteiger charge is -2.30. The quantitative estimate of drug-likeness (QED) is 0.664. The molecule has 1 fully saturated rings. The Kier molecular flexibility index (Phi) is 5.25. The van der Waals surface area contributed by atoms with Crippen molar-refractivity contribution in [2.24, 2.45) is 5.92 Å². The predicted molar refractivity (Wildman–Crippen MR) is 60.1 cm³/mol. The molecule has 2 N–H and O–H groups in total. The van der Waals surface area contributed by atoms with E-state index in [4.69, 9.17) is 5.11 Å². The predicted octanol–water partition coefficient (Wildman–Crippen LogP) is 0.309. The largest absolute Gasteiger partial charge is 0.481 e. The highest BCUT2D eigenvalue weighted by Gasteiger charge is 2.27. The molecule has 0 bridgehead atoms. The molecule has 0 aromatic heterocycles. The third-order valence-electron chi connectivity index (χ3n) is 2.94. The Balaban J connectivity index is 2.35. The van der Waals surface area contributed by atoms with Crippen LogP contribution in [-0.2, 0) is 9.59 Å². The maximum atomic E-state index is 11.7. The number of rotatable bonds is 5. The van der Waals surface area contributed by atoms with Crippen LogP contribution >= 0.6 is 0 Å². The molecular weight excluding hydrogens is 208 g/mol. The first-order valence-electron chi connectivity index (χ1n) is 5.80. The summed E-state index contributed by atoms with van der Waals surface area (Å²) in [6, 6.07) is 0. The Morgan fingerprint density at radius 1 is 1.50 bits per heavy atom. The molecule has 1 amide bonds. The average Bonchev–Trinajstić information content (AvgIpc) is 2.29. The van der Waals surface area contributed by atoms with Gasteiger partial charge in [0.25, 0.3) is 0 Å². The number of carbonyl (C=O) groups excluding carboxylic acids is 1. The topological polar surface area (TPSA) is 69.6 Å². The lowest BCUT2D eigenvalue weighted by molar-refractivity contribution is -0.145. The van der Waals surface area contributed by atoms with E-state index in [9.17, 15) is 9.59 Å². The lowest BCUT2D eigenvalue weighted by Crippen LogP contribution is -2.42. The second-order valence-electron chi connectivity index (χ2n) is 4.22. The van der Waals surface area contributed by atoms with Crippen LogP contribution in [0.1, 0.15) is 25.7 Å². The lowest BCUT2D eigenvalue weighted by atomic mass is 9.98. The Hall–Kier alpha value is -1.10. The SMILES string of the molecule is CNCCCC(=O)N1CCCC(C(=O)O)C1. The normalized spacial score (nSPS) is 20.8. The van der Waals surface area contributed by atoms with Crippen molar-refractivity contribution in [3.05, 3.63) is 0 Å². The Morgan fingerprint density at radius 2 is 2.25 bits per heavy atom. The first kappa shape index (κ1) is 13.0. The van der Waals surface area contributed by atoms with Crippen LogP contribution in [0, 0.1) is 5.92 Å². The van der Waals surface area contributed by atoms with E-state index in [-0.39, 0.29) is 11.8 Å². The summed E-state index contributed by atoms with van der Waals surface area (Å²) >= 11 is 0. The fourth-order valence-corrected chi connectivity index (χ4v) is 1.98. The number of nitrogens with zero attached hydrogens (tertiary/aromatic N) is 1. The van der Waals surface area contributed by atoms with Crippen molar-refractivity contribution in [3.63, 3.8) is 0 Å². The Bertz CT molecular complexity index is 256. The second kappa shape index (κ2) is 6.48. The van der Waals surface area contributed by atoms with Crippen molar-refractivity contribution in [3.8, 4) is 0 Å². The van der Waals surface area contributed by atoms with Gasteiger partial charge in [-0.1, -0.05) is 0 Å². The van der Waals surface area contributed by atoms with Crippen LogP contribution in [0.25, 0.3) is 0 Å². The molecule has 0 aromatic rings. The number of hydrogen-bond acceptors (Lipinski definition) is 3. The molecular formula is C11H20N2O3. The van der Waals surface area contributed by atoms with Gasteiger partial charge in [-0.25, -0.2) is 0 Å². The van der Waals surface area contributed by atoms with Gasteiger partial charge in [-0.3, -0.25) is 9.59 Å². The van der Waals surface area contributed by atoms with E-state index in [0.717, 1.165) is 19.4 Å². The number of amides is 1. The second-order valence-corrected chi connectivity index (χ2v) is 4.22. The van der Waals surface area contributed by atoms with E-state index < -0.39 is 5.97 Å². The van der Waals surface area contributed by atoms with Crippen LogP contribution in [0.4, 0.5) is 0 Å². The first-order valence-corrected chi connectivity index (χ1v) is 5.80. The minimum atomic E-state index is -0.785. The fraction of sp³-hybridized carbons (Fsp3) is 0.818. The van der Waals surface area contributed by atoms with E-state index >= 15 is 0 Å². The standard InChI is InChI=1S/C11H20N2O3/c1-12-6-2-5-10(14)13-7-3-4-9(8-13)11(15)16/h9,12H,2-8H2,1H3,(H,15,16). The van der Waals surface area contributed by atoms with Gasteiger partial charge >= 0.3 is 5.97 Å². The fourth-order valence-electron chi connectivity index (χ4n) is 1.98. The van der Waals surface area contributed by atoms with Gasteiger partial charge in [-0.05, 0) is 32.9 Å². The van der Waals surface area contributed by atoms with E-state index in [1.165, 1.54) is 0 Å². The van der Waals surface area contributed by atoms with Crippen molar-refractivity contribution >= 4 is 11.9 Å². The number of aliphatic carboxylic acids is 1. The summed E-state index contributed by atoms with van der Waals surface area (Å²) < 4.78 is 0. The minimum absolute atomic E-state index is 0.0844. The van der Waals surface area contributed by atoms with Gasteiger partial charge in [-0.15, -0.1) is 0 Å². The van der Waals surface area contributed by atoms with Crippen LogP contribution in [0.5, 0.6) is 0 Å². The van der Waals surface area contributed by atoms with Crippen LogP contribution in [0.3, 0.4) is 0 Å². The van der Waals surface area contributed by atoms with Crippen molar-refractivity contribution in [2.75, 3.05) is 26.7 Å². The number of carbonyl (C=O) groups is 2. The van der Waals surface area contributed by atoms with E-state index in [0.29, 0.717) is 25.9 Å². The highest BCUT2D eigenvalue weighted by molar-refractivity contribution is 5.78. The Labute approximate surface area is 95.8 Å². The molecule has 5 nitrogen and oxygen atoms in total. The summed E-state index contributed by atoms with van der Waals surface area (Å²) in [5.41, 5.74) is 0. The first-order chi connectivity index (χ1) is 7.65. The molecule has 0 aromatic carbocycles. The molecule has 0 aliphatic carbocycles. The summed E-state index contributed by atoms with van der Waals surface area (Å²) in [6.07, 6.45) is 2.81. The van der Waals surface area contributed by atoms with Crippen molar-refractivity contribution < 1.29 is 14.7 Å². The third kappa shape index (κ3) is 3.81. The van der Waals surface area contributed by atoms with Gasteiger partial charge in [0.1, 0.15) is 0 Å². The molecule has 0 spiro atoms. The molecule has 92 valence electrons. The van der Waals surface area contributed by atoms with Crippen molar-refractivity contribution in [1.82, 2.24) is 10.2 Å². The maximum absolute atomic E-state index is 11.7. The number of carboxylic acid groups (broad SMARTS) is 1. The molecule has 0 saturated carbocycles. The summed E-state index contributed by atoms with van der Waals surface area (Å²) in [6.45, 7) is 1.91. The monoisotopic (exact) mass is 228 g/mol. The zero-order valence-corrected chi connectivity index (χ0v) is 9.74. The van der Waals surface area contributed by atoms with Gasteiger partial charge in [-0.2, -0.15) is 0 Å². The molecule has 1 rings (SSSR count). The highest BCUT2D eigenvalue weighted by atomic mass is 16.4. The van der Waals surface area contributed by atoms with Crippen molar-refractivity contribution in [2.45, 2.75) is 25.7 Å².